The lowest BCUT2D eigenvalue weighted by Crippen LogP contribution is -2.42. The van der Waals surface area contributed by atoms with E-state index in [4.69, 9.17) is 9.47 Å². The second kappa shape index (κ2) is 4.79. The number of hydrogen-bond donors (Lipinski definition) is 1. The van der Waals surface area contributed by atoms with E-state index in [0.717, 1.165) is 4.31 Å². The van der Waals surface area contributed by atoms with Gasteiger partial charge in [-0.25, -0.2) is 0 Å². The van der Waals surface area contributed by atoms with Gasteiger partial charge in [-0.15, -0.1) is 4.31 Å². The number of nitrogens with one attached hydrogen (secondary N) is 1. The third kappa shape index (κ3) is 2.70. The van der Waals surface area contributed by atoms with Gasteiger partial charge in [0.1, 0.15) is 20.3 Å². The molecule has 1 aromatic carbocycles. The van der Waals surface area contributed by atoms with Gasteiger partial charge in [-0.05, 0) is 12.1 Å². The highest BCUT2D eigenvalue weighted by molar-refractivity contribution is 7.90. The van der Waals surface area contributed by atoms with Crippen LogP contribution in [0.3, 0.4) is 0 Å². The number of anilines is 1. The molecular formula is C9H12N2O4S. The largest absolute Gasteiger partial charge is 0.339 e. The van der Waals surface area contributed by atoms with Crippen LogP contribution in [0.2, 0.25) is 0 Å². The van der Waals surface area contributed by atoms with E-state index < -0.39 is 10.2 Å². The van der Waals surface area contributed by atoms with Crippen LogP contribution in [0.15, 0.2) is 30.3 Å². The lowest BCUT2D eigenvalue weighted by atomic mass is 10.3. The molecule has 1 saturated heterocycles. The fourth-order valence-electron chi connectivity index (χ4n) is 1.23. The molecule has 0 bridgehead atoms. The Morgan fingerprint density at radius 3 is 2.38 bits per heavy atom. The zero-order valence-electron chi connectivity index (χ0n) is 8.50. The Morgan fingerprint density at radius 2 is 1.75 bits per heavy atom. The van der Waals surface area contributed by atoms with Gasteiger partial charge in [0.25, 0.3) is 0 Å². The molecular weight excluding hydrogens is 232 g/mol. The molecule has 0 amide bonds. The minimum absolute atomic E-state index is 0.00215. The summed E-state index contributed by atoms with van der Waals surface area (Å²) in [4.78, 5) is 0. The van der Waals surface area contributed by atoms with Crippen molar-refractivity contribution in [2.24, 2.45) is 0 Å². The second-order valence-corrected chi connectivity index (χ2v) is 4.88. The molecule has 16 heavy (non-hydrogen) atoms. The van der Waals surface area contributed by atoms with E-state index >= 15 is 0 Å². The molecule has 1 aromatic rings. The molecule has 88 valence electrons. The van der Waals surface area contributed by atoms with Gasteiger partial charge < -0.3 is 9.47 Å². The molecule has 6 nitrogen and oxygen atoms in total. The summed E-state index contributed by atoms with van der Waals surface area (Å²) in [6, 6.07) is 8.65. The van der Waals surface area contributed by atoms with Crippen LogP contribution < -0.4 is 4.72 Å². The number of rotatable bonds is 3. The molecule has 0 radical (unpaired) electrons. The van der Waals surface area contributed by atoms with Gasteiger partial charge in [0.15, 0.2) is 0 Å². The van der Waals surface area contributed by atoms with Gasteiger partial charge >= 0.3 is 10.2 Å². The molecule has 2 rings (SSSR count). The average Bonchev–Trinajstić information content (AvgIpc) is 2.31. The van der Waals surface area contributed by atoms with Crippen LogP contribution >= 0.6 is 0 Å². The molecule has 0 spiro atoms. The lowest BCUT2D eigenvalue weighted by Gasteiger charge is -2.26. The zero-order valence-corrected chi connectivity index (χ0v) is 9.31. The first-order valence-electron chi connectivity index (χ1n) is 4.67. The normalized spacial score (nSPS) is 18.2. The Bertz CT molecular complexity index is 428. The van der Waals surface area contributed by atoms with Gasteiger partial charge in [-0.3, -0.25) is 4.72 Å². The number of para-hydroxylation sites is 1. The minimum Gasteiger partial charge on any atom is -0.339 e. The summed E-state index contributed by atoms with van der Waals surface area (Å²) in [5.41, 5.74) is 0.507. The van der Waals surface area contributed by atoms with Crippen LogP contribution in [0.25, 0.3) is 0 Å². The second-order valence-electron chi connectivity index (χ2n) is 3.21. The number of ether oxygens (including phenoxy) is 2. The Balaban J connectivity index is 2.08. The summed E-state index contributed by atoms with van der Waals surface area (Å²) in [5, 5.41) is 0. The predicted molar refractivity (Wildman–Crippen MR) is 57.6 cm³/mol. The molecule has 1 aliphatic heterocycles. The number of hydrogen-bond acceptors (Lipinski definition) is 4. The van der Waals surface area contributed by atoms with E-state index in [1.54, 1.807) is 24.3 Å². The fraction of sp³-hybridized carbons (Fsp3) is 0.333. The first-order valence-corrected chi connectivity index (χ1v) is 6.11. The van der Waals surface area contributed by atoms with Crippen molar-refractivity contribution in [1.29, 1.82) is 0 Å². The van der Waals surface area contributed by atoms with Crippen molar-refractivity contribution in [1.82, 2.24) is 4.31 Å². The predicted octanol–water partition coefficient (Wildman–Crippen LogP) is 0.565. The van der Waals surface area contributed by atoms with Gasteiger partial charge in [0, 0.05) is 5.69 Å². The summed E-state index contributed by atoms with van der Waals surface area (Å²) >= 11 is 0. The summed E-state index contributed by atoms with van der Waals surface area (Å²) in [5.74, 6) is 0. The van der Waals surface area contributed by atoms with E-state index in [1.165, 1.54) is 0 Å². The quantitative estimate of drug-likeness (QED) is 0.843. The minimum atomic E-state index is -3.60. The number of nitrogens with zero attached hydrogens (tertiary/aromatic N) is 1. The third-order valence-electron chi connectivity index (χ3n) is 2.00. The highest BCUT2D eigenvalue weighted by atomic mass is 32.2. The van der Waals surface area contributed by atoms with Gasteiger partial charge in [-0.1, -0.05) is 18.2 Å². The van der Waals surface area contributed by atoms with Crippen LogP contribution in [0.4, 0.5) is 5.69 Å². The smallest absolute Gasteiger partial charge is 0.305 e. The topological polar surface area (TPSA) is 67.9 Å². The summed E-state index contributed by atoms with van der Waals surface area (Å²) in [6.45, 7) is 0.127. The first-order chi connectivity index (χ1) is 7.68. The lowest BCUT2D eigenvalue weighted by molar-refractivity contribution is -0.153. The van der Waals surface area contributed by atoms with Crippen LogP contribution in [0.1, 0.15) is 0 Å². The van der Waals surface area contributed by atoms with E-state index in [-0.39, 0.29) is 20.3 Å². The van der Waals surface area contributed by atoms with Crippen molar-refractivity contribution >= 4 is 15.9 Å². The maximum absolute atomic E-state index is 11.8. The van der Waals surface area contributed by atoms with Gasteiger partial charge in [0.2, 0.25) is 0 Å². The SMILES string of the molecule is O=S(=O)(Nc1ccccc1)N1COCOC1. The van der Waals surface area contributed by atoms with E-state index in [9.17, 15) is 8.42 Å². The van der Waals surface area contributed by atoms with Crippen molar-refractivity contribution in [3.05, 3.63) is 30.3 Å². The Kier molecular flexibility index (Phi) is 3.39. The van der Waals surface area contributed by atoms with Crippen LogP contribution in [-0.4, -0.2) is 33.0 Å². The maximum Gasteiger partial charge on any atom is 0.305 e. The van der Waals surface area contributed by atoms with Crippen LogP contribution in [0.5, 0.6) is 0 Å². The van der Waals surface area contributed by atoms with E-state index in [2.05, 4.69) is 4.72 Å². The highest BCUT2D eigenvalue weighted by Gasteiger charge is 2.24. The highest BCUT2D eigenvalue weighted by Crippen LogP contribution is 2.12. The zero-order chi connectivity index (χ0) is 11.4. The molecule has 1 heterocycles. The monoisotopic (exact) mass is 244 g/mol. The molecule has 0 saturated carbocycles. The van der Waals surface area contributed by atoms with E-state index in [1.807, 2.05) is 6.07 Å². The maximum atomic E-state index is 11.8. The summed E-state index contributed by atoms with van der Waals surface area (Å²) in [6.07, 6.45) is 0. The van der Waals surface area contributed by atoms with Crippen molar-refractivity contribution in [2.45, 2.75) is 0 Å². The molecule has 1 fully saturated rings. The molecule has 7 heteroatoms. The van der Waals surface area contributed by atoms with Gasteiger partial charge in [0.05, 0.1) is 0 Å². The van der Waals surface area contributed by atoms with Crippen LogP contribution in [0, 0.1) is 0 Å². The van der Waals surface area contributed by atoms with Crippen molar-refractivity contribution in [2.75, 3.05) is 25.0 Å². The Labute approximate surface area is 94.0 Å². The molecule has 0 atom stereocenters. The van der Waals surface area contributed by atoms with Crippen molar-refractivity contribution in [3.8, 4) is 0 Å². The summed E-state index contributed by atoms with van der Waals surface area (Å²) < 4.78 is 36.9. The first kappa shape index (κ1) is 11.3. The molecule has 1 N–H and O–H groups in total. The standard InChI is InChI=1S/C9H12N2O4S/c12-16(13,11-6-14-8-15-7-11)10-9-4-2-1-3-5-9/h1-5,10H,6-8H2. The molecule has 0 aliphatic carbocycles. The molecule has 0 aromatic heterocycles. The van der Waals surface area contributed by atoms with Crippen molar-refractivity contribution < 1.29 is 17.9 Å². The van der Waals surface area contributed by atoms with E-state index in [0.29, 0.717) is 5.69 Å². The molecule has 0 unspecified atom stereocenters. The van der Waals surface area contributed by atoms with Crippen molar-refractivity contribution in [3.63, 3.8) is 0 Å². The number of benzene rings is 1. The summed E-state index contributed by atoms with van der Waals surface area (Å²) in [7, 11) is -3.60. The molecule has 1 aliphatic rings. The Morgan fingerprint density at radius 1 is 1.12 bits per heavy atom. The average molecular weight is 244 g/mol. The fourth-order valence-corrected chi connectivity index (χ4v) is 2.22. The van der Waals surface area contributed by atoms with Crippen LogP contribution in [-0.2, 0) is 19.7 Å². The third-order valence-corrected chi connectivity index (χ3v) is 3.38. The Hall–Kier alpha value is -1.15. The van der Waals surface area contributed by atoms with Gasteiger partial charge in [-0.2, -0.15) is 8.42 Å².